The topological polar surface area (TPSA) is 67.8 Å². The average molecular weight is 427 g/mol. The molecule has 0 spiro atoms. The lowest BCUT2D eigenvalue weighted by molar-refractivity contribution is 0.0954. The molecule has 0 saturated heterocycles. The number of rotatable bonds is 8. The van der Waals surface area contributed by atoms with Crippen molar-refractivity contribution < 1.29 is 4.79 Å². The number of hydrogen-bond donors (Lipinski definition) is 1. The predicted octanol–water partition coefficient (Wildman–Crippen LogP) is 4.80. The lowest BCUT2D eigenvalue weighted by atomic mass is 10.1. The lowest BCUT2D eigenvalue weighted by Gasteiger charge is -2.07. The Labute approximate surface area is 186 Å². The maximum absolute atomic E-state index is 12.5. The molecule has 1 N–H and O–H groups in total. The van der Waals surface area contributed by atoms with Gasteiger partial charge in [-0.05, 0) is 42.0 Å². The first-order valence-electron chi connectivity index (χ1n) is 10.1. The highest BCUT2D eigenvalue weighted by atomic mass is 32.2. The summed E-state index contributed by atoms with van der Waals surface area (Å²) < 4.78 is 0. The molecule has 2 aromatic heterocycles. The number of aromatic nitrogens is 3. The van der Waals surface area contributed by atoms with Crippen LogP contribution in [-0.4, -0.2) is 27.6 Å². The number of pyridine rings is 1. The third-order valence-corrected chi connectivity index (χ3v) is 5.67. The largest absolute Gasteiger partial charge is 0.352 e. The van der Waals surface area contributed by atoms with Crippen molar-refractivity contribution in [3.63, 3.8) is 0 Å². The van der Waals surface area contributed by atoms with Gasteiger partial charge in [-0.1, -0.05) is 60.3 Å². The molecule has 4 rings (SSSR count). The van der Waals surface area contributed by atoms with E-state index in [1.165, 1.54) is 0 Å². The van der Waals surface area contributed by atoms with Crippen LogP contribution in [0.1, 0.15) is 21.6 Å². The summed E-state index contributed by atoms with van der Waals surface area (Å²) in [5.41, 5.74) is 4.59. The highest BCUT2D eigenvalue weighted by molar-refractivity contribution is 7.98. The van der Waals surface area contributed by atoms with E-state index in [-0.39, 0.29) is 5.91 Å². The van der Waals surface area contributed by atoms with E-state index in [0.29, 0.717) is 24.3 Å². The molecule has 6 heteroatoms. The number of nitrogens with one attached hydrogen (secondary N) is 1. The highest BCUT2D eigenvalue weighted by Crippen LogP contribution is 2.23. The summed E-state index contributed by atoms with van der Waals surface area (Å²) in [5, 5.41) is 12.5. The second-order valence-corrected chi connectivity index (χ2v) is 7.93. The van der Waals surface area contributed by atoms with Crippen LogP contribution >= 0.6 is 11.8 Å². The molecular weight excluding hydrogens is 404 g/mol. The van der Waals surface area contributed by atoms with Crippen LogP contribution in [0.3, 0.4) is 0 Å². The van der Waals surface area contributed by atoms with Crippen molar-refractivity contribution in [2.24, 2.45) is 0 Å². The van der Waals surface area contributed by atoms with Gasteiger partial charge in [-0.2, -0.15) is 0 Å². The summed E-state index contributed by atoms with van der Waals surface area (Å²) >= 11 is 1.60. The van der Waals surface area contributed by atoms with Crippen molar-refractivity contribution >= 4 is 17.7 Å². The molecule has 0 bridgehead atoms. The van der Waals surface area contributed by atoms with E-state index in [4.69, 9.17) is 0 Å². The summed E-state index contributed by atoms with van der Waals surface area (Å²) in [5.74, 6) is 0.642. The highest BCUT2D eigenvalue weighted by Gasteiger charge is 2.07. The zero-order chi connectivity index (χ0) is 21.3. The minimum absolute atomic E-state index is 0.0743. The Morgan fingerprint density at radius 3 is 2.52 bits per heavy atom. The zero-order valence-corrected chi connectivity index (χ0v) is 17.8. The van der Waals surface area contributed by atoms with Crippen molar-refractivity contribution in [3.8, 4) is 11.3 Å². The van der Waals surface area contributed by atoms with Crippen LogP contribution < -0.4 is 5.32 Å². The van der Waals surface area contributed by atoms with Crippen molar-refractivity contribution in [3.05, 3.63) is 108 Å². The first-order chi connectivity index (χ1) is 15.3. The predicted molar refractivity (Wildman–Crippen MR) is 124 cm³/mol. The Morgan fingerprint density at radius 1 is 0.871 bits per heavy atom. The fourth-order valence-electron chi connectivity index (χ4n) is 3.07. The van der Waals surface area contributed by atoms with Gasteiger partial charge in [0.05, 0.1) is 5.69 Å². The molecule has 0 aliphatic rings. The molecule has 2 heterocycles. The minimum atomic E-state index is -0.0743. The molecule has 31 heavy (non-hydrogen) atoms. The molecule has 5 nitrogen and oxygen atoms in total. The number of benzene rings is 2. The molecule has 1 amide bonds. The Hall–Kier alpha value is -3.51. The summed E-state index contributed by atoms with van der Waals surface area (Å²) in [4.78, 5) is 16.7. The molecule has 0 atom stereocenters. The molecule has 0 saturated carbocycles. The van der Waals surface area contributed by atoms with Gasteiger partial charge in [-0.15, -0.1) is 10.2 Å². The van der Waals surface area contributed by atoms with Crippen LogP contribution in [0.25, 0.3) is 11.3 Å². The summed E-state index contributed by atoms with van der Waals surface area (Å²) in [7, 11) is 0. The second kappa shape index (κ2) is 10.5. The first kappa shape index (κ1) is 20.8. The van der Waals surface area contributed by atoms with Gasteiger partial charge in [0.2, 0.25) is 0 Å². The maximum atomic E-state index is 12.5. The molecule has 0 aliphatic heterocycles. The first-order valence-corrected chi connectivity index (χ1v) is 11.1. The summed E-state index contributed by atoms with van der Waals surface area (Å²) in [6, 6.07) is 27.4. The van der Waals surface area contributed by atoms with Crippen LogP contribution in [0, 0.1) is 0 Å². The molecule has 2 aromatic carbocycles. The van der Waals surface area contributed by atoms with E-state index < -0.39 is 0 Å². The fourth-order valence-corrected chi connectivity index (χ4v) is 3.83. The fraction of sp³-hybridized carbons (Fsp3) is 0.120. The van der Waals surface area contributed by atoms with Crippen molar-refractivity contribution in [2.45, 2.75) is 17.2 Å². The van der Waals surface area contributed by atoms with Crippen molar-refractivity contribution in [1.29, 1.82) is 0 Å². The smallest absolute Gasteiger partial charge is 0.251 e. The number of hydrogen-bond acceptors (Lipinski definition) is 5. The van der Waals surface area contributed by atoms with E-state index in [0.717, 1.165) is 27.5 Å². The van der Waals surface area contributed by atoms with Gasteiger partial charge >= 0.3 is 0 Å². The third kappa shape index (κ3) is 5.99. The Morgan fingerprint density at radius 2 is 1.74 bits per heavy atom. The van der Waals surface area contributed by atoms with E-state index in [9.17, 15) is 4.79 Å². The van der Waals surface area contributed by atoms with E-state index in [1.807, 2.05) is 84.9 Å². The monoisotopic (exact) mass is 426 g/mol. The molecule has 154 valence electrons. The molecule has 0 unspecified atom stereocenters. The van der Waals surface area contributed by atoms with Gasteiger partial charge in [-0.3, -0.25) is 9.78 Å². The quantitative estimate of drug-likeness (QED) is 0.410. The molecule has 0 fully saturated rings. The number of carbonyl (C=O) groups is 1. The van der Waals surface area contributed by atoms with E-state index in [1.54, 1.807) is 18.0 Å². The lowest BCUT2D eigenvalue weighted by Crippen LogP contribution is -2.25. The number of amides is 1. The Kier molecular flexibility index (Phi) is 7.03. The molecule has 4 aromatic rings. The average Bonchev–Trinajstić information content (AvgIpc) is 2.84. The number of thioether (sulfide) groups is 1. The van der Waals surface area contributed by atoms with Crippen LogP contribution in [0.15, 0.2) is 96.2 Å². The van der Waals surface area contributed by atoms with Gasteiger partial charge in [0.1, 0.15) is 5.03 Å². The standard InChI is InChI=1S/C25H22N4OS/c30-25(27-16-14-22-11-4-5-15-26-22)21-10-6-7-19(17-21)18-31-24-13-12-23(28-29-24)20-8-2-1-3-9-20/h1-13,15,17H,14,16,18H2,(H,27,30). The van der Waals surface area contributed by atoms with E-state index in [2.05, 4.69) is 20.5 Å². The van der Waals surface area contributed by atoms with E-state index >= 15 is 0 Å². The van der Waals surface area contributed by atoms with Gasteiger partial charge < -0.3 is 5.32 Å². The molecule has 0 aliphatic carbocycles. The summed E-state index contributed by atoms with van der Waals surface area (Å²) in [6.45, 7) is 0.554. The summed E-state index contributed by atoms with van der Waals surface area (Å²) in [6.07, 6.45) is 2.47. The number of nitrogens with zero attached hydrogens (tertiary/aromatic N) is 3. The van der Waals surface area contributed by atoms with Crippen molar-refractivity contribution in [2.75, 3.05) is 6.54 Å². The number of carbonyl (C=O) groups excluding carboxylic acids is 1. The minimum Gasteiger partial charge on any atom is -0.352 e. The Bertz CT molecular complexity index is 1120. The van der Waals surface area contributed by atoms with Crippen molar-refractivity contribution in [1.82, 2.24) is 20.5 Å². The van der Waals surface area contributed by atoms with Gasteiger partial charge in [0, 0.05) is 41.7 Å². The van der Waals surface area contributed by atoms with Crippen LogP contribution in [-0.2, 0) is 12.2 Å². The zero-order valence-electron chi connectivity index (χ0n) is 16.9. The SMILES string of the molecule is O=C(NCCc1ccccn1)c1cccc(CSc2ccc(-c3ccccc3)nn2)c1. The second-order valence-electron chi connectivity index (χ2n) is 6.94. The Balaban J connectivity index is 1.30. The van der Waals surface area contributed by atoms with Crippen LogP contribution in [0.2, 0.25) is 0 Å². The van der Waals surface area contributed by atoms with Gasteiger partial charge in [0.15, 0.2) is 0 Å². The normalized spacial score (nSPS) is 10.6. The maximum Gasteiger partial charge on any atom is 0.251 e. The van der Waals surface area contributed by atoms with Crippen LogP contribution in [0.5, 0.6) is 0 Å². The van der Waals surface area contributed by atoms with Crippen LogP contribution in [0.4, 0.5) is 0 Å². The molecular formula is C25H22N4OS. The van der Waals surface area contributed by atoms with Gasteiger partial charge in [0.25, 0.3) is 5.91 Å². The third-order valence-electron chi connectivity index (χ3n) is 4.68. The van der Waals surface area contributed by atoms with Gasteiger partial charge in [-0.25, -0.2) is 0 Å². The molecule has 0 radical (unpaired) electrons.